The second-order valence-corrected chi connectivity index (χ2v) is 8.90. The van der Waals surface area contributed by atoms with Crippen LogP contribution in [0.4, 0.5) is 5.69 Å². The highest BCUT2D eigenvalue weighted by atomic mass is 32.2. The third-order valence-electron chi connectivity index (χ3n) is 5.37. The van der Waals surface area contributed by atoms with Crippen molar-refractivity contribution < 1.29 is 22.8 Å². The van der Waals surface area contributed by atoms with E-state index in [1.807, 2.05) is 29.0 Å². The molecule has 31 heavy (non-hydrogen) atoms. The van der Waals surface area contributed by atoms with Crippen molar-refractivity contribution in [3.63, 3.8) is 0 Å². The summed E-state index contributed by atoms with van der Waals surface area (Å²) >= 11 is 0. The van der Waals surface area contributed by atoms with Crippen molar-refractivity contribution in [3.05, 3.63) is 82.2 Å². The highest BCUT2D eigenvalue weighted by molar-refractivity contribution is 7.89. The lowest BCUT2D eigenvalue weighted by Gasteiger charge is -2.36. The highest BCUT2D eigenvalue weighted by Gasteiger charge is 2.38. The Hall–Kier alpha value is -3.37. The first-order valence-corrected chi connectivity index (χ1v) is 10.9. The lowest BCUT2D eigenvalue weighted by Crippen LogP contribution is -2.42. The van der Waals surface area contributed by atoms with E-state index in [4.69, 9.17) is 9.47 Å². The summed E-state index contributed by atoms with van der Waals surface area (Å²) < 4.78 is 41.3. The molecule has 9 nitrogen and oxygen atoms in total. The maximum absolute atomic E-state index is 13.6. The summed E-state index contributed by atoms with van der Waals surface area (Å²) in [6, 6.07) is 13.4. The van der Waals surface area contributed by atoms with Crippen LogP contribution < -0.4 is 9.47 Å². The SMILES string of the molecule is COc1ccc(C2c3cccn3CCN2S(=O)(=O)c2ccc([N+](=O)[O-])cc2)cc1OC. The number of aromatic nitrogens is 1. The zero-order chi connectivity index (χ0) is 22.2. The molecule has 10 heteroatoms. The molecule has 4 rings (SSSR count). The van der Waals surface area contributed by atoms with E-state index in [0.717, 1.165) is 11.3 Å². The minimum Gasteiger partial charge on any atom is -0.493 e. The summed E-state index contributed by atoms with van der Waals surface area (Å²) in [5.41, 5.74) is 1.38. The van der Waals surface area contributed by atoms with Crippen molar-refractivity contribution >= 4 is 15.7 Å². The maximum atomic E-state index is 13.6. The first kappa shape index (κ1) is 20.9. The van der Waals surface area contributed by atoms with Gasteiger partial charge in [-0.1, -0.05) is 6.07 Å². The molecule has 1 aromatic heterocycles. The number of nitro groups is 1. The number of ether oxygens (including phenoxy) is 2. The standard InChI is InChI=1S/C21H21N3O6S/c1-29-19-10-5-15(14-20(19)30-2)21-18-4-3-11-22(18)12-13-23(21)31(27,28)17-8-6-16(7-9-17)24(25)26/h3-11,14,21H,12-13H2,1-2H3. The molecule has 162 valence electrons. The zero-order valence-electron chi connectivity index (χ0n) is 17.0. The van der Waals surface area contributed by atoms with Crippen LogP contribution in [0.5, 0.6) is 11.5 Å². The first-order valence-electron chi connectivity index (χ1n) is 9.50. The van der Waals surface area contributed by atoms with Crippen LogP contribution in [-0.2, 0) is 16.6 Å². The summed E-state index contributed by atoms with van der Waals surface area (Å²) in [6.45, 7) is 0.748. The van der Waals surface area contributed by atoms with Gasteiger partial charge >= 0.3 is 0 Å². The minimum absolute atomic E-state index is 0.00332. The quantitative estimate of drug-likeness (QED) is 0.428. The number of non-ortho nitro benzene ring substituents is 1. The predicted octanol–water partition coefficient (Wildman–Crippen LogP) is 3.21. The van der Waals surface area contributed by atoms with Gasteiger partial charge in [-0.2, -0.15) is 4.31 Å². The van der Waals surface area contributed by atoms with Gasteiger partial charge in [-0.05, 0) is 42.0 Å². The molecule has 1 atom stereocenters. The van der Waals surface area contributed by atoms with Crippen molar-refractivity contribution in [2.45, 2.75) is 17.5 Å². The number of hydrogen-bond donors (Lipinski definition) is 0. The molecule has 0 radical (unpaired) electrons. The topological polar surface area (TPSA) is 104 Å². The van der Waals surface area contributed by atoms with Gasteiger partial charge in [0.25, 0.3) is 5.69 Å². The Bertz CT molecular complexity index is 1220. The third-order valence-corrected chi connectivity index (χ3v) is 7.25. The number of sulfonamides is 1. The molecule has 0 fully saturated rings. The second kappa shape index (κ2) is 8.05. The summed E-state index contributed by atoms with van der Waals surface area (Å²) in [6.07, 6.45) is 1.92. The Morgan fingerprint density at radius 3 is 2.35 bits per heavy atom. The molecule has 1 aliphatic heterocycles. The number of nitro benzene ring substituents is 1. The molecule has 0 bridgehead atoms. The van der Waals surface area contributed by atoms with Crippen molar-refractivity contribution in [2.24, 2.45) is 0 Å². The normalized spacial score (nSPS) is 16.5. The molecule has 0 aliphatic carbocycles. The van der Waals surface area contributed by atoms with Crippen LogP contribution in [0, 0.1) is 10.1 Å². The first-order chi connectivity index (χ1) is 14.9. The van der Waals surface area contributed by atoms with E-state index in [0.29, 0.717) is 18.0 Å². The van der Waals surface area contributed by atoms with Gasteiger partial charge in [0, 0.05) is 37.1 Å². The molecule has 0 spiro atoms. The Morgan fingerprint density at radius 1 is 1.00 bits per heavy atom. The number of hydrogen-bond acceptors (Lipinski definition) is 6. The lowest BCUT2D eigenvalue weighted by atomic mass is 10.0. The van der Waals surface area contributed by atoms with Crippen LogP contribution >= 0.6 is 0 Å². The van der Waals surface area contributed by atoms with Gasteiger partial charge in [0.05, 0.1) is 30.1 Å². The highest BCUT2D eigenvalue weighted by Crippen LogP contribution is 2.39. The van der Waals surface area contributed by atoms with Crippen LogP contribution in [0.3, 0.4) is 0 Å². The summed E-state index contributed by atoms with van der Waals surface area (Å²) in [7, 11) is -0.872. The van der Waals surface area contributed by atoms with Crippen LogP contribution in [0.1, 0.15) is 17.3 Å². The van der Waals surface area contributed by atoms with Crippen LogP contribution in [0.25, 0.3) is 0 Å². The Balaban J connectivity index is 1.82. The van der Waals surface area contributed by atoms with Crippen LogP contribution in [0.2, 0.25) is 0 Å². The van der Waals surface area contributed by atoms with Crippen molar-refractivity contribution in [2.75, 3.05) is 20.8 Å². The summed E-state index contributed by atoms with van der Waals surface area (Å²) in [5, 5.41) is 10.9. The molecule has 1 aliphatic rings. The smallest absolute Gasteiger partial charge is 0.269 e. The van der Waals surface area contributed by atoms with Crippen LogP contribution in [0.15, 0.2) is 65.7 Å². The Labute approximate surface area is 179 Å². The van der Waals surface area contributed by atoms with Crippen molar-refractivity contribution in [1.82, 2.24) is 8.87 Å². The monoisotopic (exact) mass is 443 g/mol. The fraction of sp³-hybridized carbons (Fsp3) is 0.238. The number of rotatable bonds is 6. The fourth-order valence-corrected chi connectivity index (χ4v) is 5.44. The van der Waals surface area contributed by atoms with E-state index in [1.54, 1.807) is 12.1 Å². The van der Waals surface area contributed by atoms with Gasteiger partial charge in [0.15, 0.2) is 11.5 Å². The van der Waals surface area contributed by atoms with E-state index in [2.05, 4.69) is 0 Å². The van der Waals surface area contributed by atoms with Gasteiger partial charge < -0.3 is 14.0 Å². The minimum atomic E-state index is -3.93. The molecular weight excluding hydrogens is 422 g/mol. The predicted molar refractivity (Wildman–Crippen MR) is 113 cm³/mol. The Morgan fingerprint density at radius 2 is 1.71 bits per heavy atom. The average Bonchev–Trinajstić information content (AvgIpc) is 3.27. The van der Waals surface area contributed by atoms with Crippen LogP contribution in [-0.4, -0.2) is 43.0 Å². The van der Waals surface area contributed by atoms with E-state index >= 15 is 0 Å². The van der Waals surface area contributed by atoms with E-state index < -0.39 is 21.0 Å². The zero-order valence-corrected chi connectivity index (χ0v) is 17.8. The van der Waals surface area contributed by atoms with Gasteiger partial charge in [0.2, 0.25) is 10.0 Å². The van der Waals surface area contributed by atoms with Gasteiger partial charge in [-0.3, -0.25) is 10.1 Å². The van der Waals surface area contributed by atoms with Crippen molar-refractivity contribution in [1.29, 1.82) is 0 Å². The molecular formula is C21H21N3O6S. The van der Waals surface area contributed by atoms with Crippen molar-refractivity contribution in [3.8, 4) is 11.5 Å². The van der Waals surface area contributed by atoms with Gasteiger partial charge in [0.1, 0.15) is 0 Å². The number of fused-ring (bicyclic) bond motifs is 1. The largest absolute Gasteiger partial charge is 0.493 e. The van der Waals surface area contributed by atoms with E-state index in [1.165, 1.54) is 42.8 Å². The van der Waals surface area contributed by atoms with Gasteiger partial charge in [-0.15, -0.1) is 0 Å². The van der Waals surface area contributed by atoms with Gasteiger partial charge in [-0.25, -0.2) is 8.42 Å². The Kier molecular flexibility index (Phi) is 5.42. The van der Waals surface area contributed by atoms with E-state index in [-0.39, 0.29) is 17.1 Å². The number of methoxy groups -OCH3 is 2. The number of benzene rings is 2. The second-order valence-electron chi connectivity index (χ2n) is 7.01. The molecule has 0 saturated carbocycles. The maximum Gasteiger partial charge on any atom is 0.269 e. The lowest BCUT2D eigenvalue weighted by molar-refractivity contribution is -0.384. The molecule has 1 unspecified atom stereocenters. The third kappa shape index (κ3) is 3.64. The fourth-order valence-electron chi connectivity index (χ4n) is 3.86. The summed E-state index contributed by atoms with van der Waals surface area (Å²) in [4.78, 5) is 10.4. The molecule has 0 amide bonds. The average molecular weight is 443 g/mol. The molecule has 3 aromatic rings. The molecule has 0 saturated heterocycles. The molecule has 2 aromatic carbocycles. The summed E-state index contributed by atoms with van der Waals surface area (Å²) in [5.74, 6) is 1.04. The van der Waals surface area contributed by atoms with E-state index in [9.17, 15) is 18.5 Å². The molecule has 0 N–H and O–H groups in total. The number of nitrogens with zero attached hydrogens (tertiary/aromatic N) is 3. The molecule has 2 heterocycles.